The van der Waals surface area contributed by atoms with Gasteiger partial charge in [0.15, 0.2) is 0 Å². The van der Waals surface area contributed by atoms with Crippen LogP contribution in [0, 0.1) is 0 Å². The van der Waals surface area contributed by atoms with E-state index in [-0.39, 0.29) is 5.91 Å². The molecule has 0 unspecified atom stereocenters. The number of hydrogen-bond donors (Lipinski definition) is 2. The normalized spacial score (nSPS) is 18.0. The number of hydrogen-bond acceptors (Lipinski definition) is 7. The summed E-state index contributed by atoms with van der Waals surface area (Å²) < 4.78 is 7.03. The summed E-state index contributed by atoms with van der Waals surface area (Å²) in [5, 5.41) is 15.8. The van der Waals surface area contributed by atoms with Crippen LogP contribution in [-0.4, -0.2) is 70.9 Å². The number of carbonyl (C=O) groups is 1. The second kappa shape index (κ2) is 10.7. The van der Waals surface area contributed by atoms with Crippen molar-refractivity contribution in [3.05, 3.63) is 78.2 Å². The van der Waals surface area contributed by atoms with E-state index in [1.807, 2.05) is 48.7 Å². The molecule has 2 N–H and O–H groups in total. The van der Waals surface area contributed by atoms with Gasteiger partial charge in [-0.1, -0.05) is 48.2 Å². The molecule has 32 heavy (non-hydrogen) atoms. The number of morpholine rings is 1. The second-order valence-corrected chi connectivity index (χ2v) is 7.49. The highest BCUT2D eigenvalue weighted by Gasteiger charge is 2.18. The first-order valence-electron chi connectivity index (χ1n) is 10.6. The van der Waals surface area contributed by atoms with E-state index in [1.54, 1.807) is 10.8 Å². The zero-order valence-electron chi connectivity index (χ0n) is 17.9. The van der Waals surface area contributed by atoms with Gasteiger partial charge in [-0.3, -0.25) is 9.69 Å². The molecule has 0 atom stereocenters. The first kappa shape index (κ1) is 21.7. The lowest BCUT2D eigenvalue weighted by Gasteiger charge is -2.25. The van der Waals surface area contributed by atoms with Crippen LogP contribution in [0.5, 0.6) is 0 Å². The monoisotopic (exact) mass is 433 g/mol. The topological polar surface area (TPSA) is 96.7 Å². The summed E-state index contributed by atoms with van der Waals surface area (Å²) in [7, 11) is 0. The Morgan fingerprint density at radius 2 is 2.03 bits per heavy atom. The fourth-order valence-corrected chi connectivity index (χ4v) is 3.45. The van der Waals surface area contributed by atoms with Gasteiger partial charge in [-0.25, -0.2) is 4.68 Å². The summed E-state index contributed by atoms with van der Waals surface area (Å²) in [5.74, 6) is 0.0228. The van der Waals surface area contributed by atoms with Crippen molar-refractivity contribution in [2.24, 2.45) is 5.10 Å². The number of amides is 1. The molecule has 9 nitrogen and oxygen atoms in total. The van der Waals surface area contributed by atoms with Crippen LogP contribution in [0.4, 0.5) is 0 Å². The molecule has 2 aromatic rings. The number of allylic oxidation sites excluding steroid dienone is 4. The molecule has 0 aliphatic carbocycles. The van der Waals surface area contributed by atoms with E-state index >= 15 is 0 Å². The second-order valence-electron chi connectivity index (χ2n) is 7.49. The average molecular weight is 434 g/mol. The third-order valence-corrected chi connectivity index (χ3v) is 5.21. The molecular formula is C23H27N7O2. The van der Waals surface area contributed by atoms with Gasteiger partial charge in [0.25, 0.3) is 0 Å². The van der Waals surface area contributed by atoms with Crippen LogP contribution in [0.15, 0.2) is 72.0 Å². The summed E-state index contributed by atoms with van der Waals surface area (Å²) in [6.45, 7) is 8.19. The SMILES string of the molecule is C=C/C=C\C=C1/CNN=C1c1cn(-c2ccc(CNC(=O)CN3CCOCC3)cc2)nn1. The molecule has 0 radical (unpaired) electrons. The van der Waals surface area contributed by atoms with Crippen LogP contribution in [-0.2, 0) is 16.1 Å². The minimum atomic E-state index is 0.0228. The molecule has 166 valence electrons. The predicted molar refractivity (Wildman–Crippen MR) is 122 cm³/mol. The van der Waals surface area contributed by atoms with Crippen molar-refractivity contribution < 1.29 is 9.53 Å². The van der Waals surface area contributed by atoms with Crippen molar-refractivity contribution in [3.8, 4) is 5.69 Å². The van der Waals surface area contributed by atoms with Gasteiger partial charge in [0.05, 0.1) is 38.2 Å². The third-order valence-electron chi connectivity index (χ3n) is 5.21. The van der Waals surface area contributed by atoms with Gasteiger partial charge in [0.1, 0.15) is 11.4 Å². The van der Waals surface area contributed by atoms with Gasteiger partial charge in [0.2, 0.25) is 5.91 Å². The standard InChI is InChI=1S/C23H27N7O2/c1-2-3-4-5-19-15-25-27-23(19)21-16-30(28-26-21)20-8-6-18(7-9-20)14-24-22(31)17-29-10-12-32-13-11-29/h2-9,16,25H,1,10-15,17H2,(H,24,31)/b4-3-,19-5+. The van der Waals surface area contributed by atoms with Gasteiger partial charge < -0.3 is 15.5 Å². The zero-order valence-corrected chi connectivity index (χ0v) is 17.9. The van der Waals surface area contributed by atoms with Crippen molar-refractivity contribution in [2.75, 3.05) is 39.4 Å². The van der Waals surface area contributed by atoms with E-state index in [0.717, 1.165) is 35.6 Å². The van der Waals surface area contributed by atoms with E-state index in [1.165, 1.54) is 0 Å². The molecule has 0 saturated carbocycles. The fraction of sp³-hybridized carbons (Fsp3) is 0.304. The number of benzene rings is 1. The Bertz CT molecular complexity index is 1030. The van der Waals surface area contributed by atoms with E-state index in [4.69, 9.17) is 4.74 Å². The van der Waals surface area contributed by atoms with Gasteiger partial charge in [-0.15, -0.1) is 5.10 Å². The molecule has 0 bridgehead atoms. The maximum atomic E-state index is 12.2. The summed E-state index contributed by atoms with van der Waals surface area (Å²) in [4.78, 5) is 14.3. The lowest BCUT2D eigenvalue weighted by atomic mass is 10.1. The molecule has 3 heterocycles. The fourth-order valence-electron chi connectivity index (χ4n) is 3.45. The molecule has 1 saturated heterocycles. The molecule has 9 heteroatoms. The van der Waals surface area contributed by atoms with Crippen molar-refractivity contribution in [3.63, 3.8) is 0 Å². The summed E-state index contributed by atoms with van der Waals surface area (Å²) >= 11 is 0. The van der Waals surface area contributed by atoms with Gasteiger partial charge >= 0.3 is 0 Å². The van der Waals surface area contributed by atoms with Crippen LogP contribution < -0.4 is 10.7 Å². The Balaban J connectivity index is 1.34. The molecule has 1 fully saturated rings. The molecule has 2 aliphatic heterocycles. The number of carbonyl (C=O) groups excluding carboxylic acids is 1. The highest BCUT2D eigenvalue weighted by Crippen LogP contribution is 2.14. The van der Waals surface area contributed by atoms with Gasteiger partial charge in [-0.05, 0) is 17.7 Å². The van der Waals surface area contributed by atoms with Crippen LogP contribution in [0.25, 0.3) is 5.69 Å². The Morgan fingerprint density at radius 3 is 2.81 bits per heavy atom. The summed E-state index contributed by atoms with van der Waals surface area (Å²) in [6, 6.07) is 7.87. The Labute approximate surface area is 187 Å². The first-order valence-corrected chi connectivity index (χ1v) is 10.6. The number of hydrazone groups is 1. The quantitative estimate of drug-likeness (QED) is 0.607. The number of aromatic nitrogens is 3. The zero-order chi connectivity index (χ0) is 22.2. The summed E-state index contributed by atoms with van der Waals surface area (Å²) in [5.41, 5.74) is 7.42. The lowest BCUT2D eigenvalue weighted by Crippen LogP contribution is -2.43. The van der Waals surface area contributed by atoms with Crippen LogP contribution >= 0.6 is 0 Å². The van der Waals surface area contributed by atoms with Gasteiger partial charge in [-0.2, -0.15) is 5.10 Å². The van der Waals surface area contributed by atoms with Crippen molar-refractivity contribution in [1.29, 1.82) is 0 Å². The molecule has 0 spiro atoms. The molecule has 1 aromatic carbocycles. The van der Waals surface area contributed by atoms with E-state index in [0.29, 0.717) is 38.5 Å². The molecular weight excluding hydrogens is 406 g/mol. The highest BCUT2D eigenvalue weighted by atomic mass is 16.5. The number of nitrogens with one attached hydrogen (secondary N) is 2. The highest BCUT2D eigenvalue weighted by molar-refractivity contribution is 6.12. The Hall–Kier alpha value is -3.56. The minimum absolute atomic E-state index is 0.0228. The average Bonchev–Trinajstić information content (AvgIpc) is 3.49. The molecule has 2 aliphatic rings. The third kappa shape index (κ3) is 5.57. The van der Waals surface area contributed by atoms with Crippen molar-refractivity contribution in [1.82, 2.24) is 30.6 Å². The van der Waals surface area contributed by atoms with E-state index in [9.17, 15) is 4.79 Å². The minimum Gasteiger partial charge on any atom is -0.379 e. The van der Waals surface area contributed by atoms with Crippen LogP contribution in [0.3, 0.4) is 0 Å². The molecule has 1 amide bonds. The van der Waals surface area contributed by atoms with Crippen molar-refractivity contribution in [2.45, 2.75) is 6.54 Å². The lowest BCUT2D eigenvalue weighted by molar-refractivity contribution is -0.123. The molecule has 4 rings (SSSR count). The largest absolute Gasteiger partial charge is 0.379 e. The Morgan fingerprint density at radius 1 is 1.22 bits per heavy atom. The predicted octanol–water partition coefficient (Wildman–Crippen LogP) is 1.19. The number of rotatable bonds is 8. The van der Waals surface area contributed by atoms with E-state index < -0.39 is 0 Å². The Kier molecular flexibility index (Phi) is 7.21. The number of ether oxygens (including phenoxy) is 1. The maximum absolute atomic E-state index is 12.2. The van der Waals surface area contributed by atoms with Crippen molar-refractivity contribution >= 4 is 11.6 Å². The molecule has 1 aromatic heterocycles. The van der Waals surface area contributed by atoms with Gasteiger partial charge in [0, 0.05) is 25.2 Å². The van der Waals surface area contributed by atoms with Crippen LogP contribution in [0.1, 0.15) is 11.3 Å². The maximum Gasteiger partial charge on any atom is 0.234 e. The summed E-state index contributed by atoms with van der Waals surface area (Å²) in [6.07, 6.45) is 9.36. The number of nitrogens with zero attached hydrogens (tertiary/aromatic N) is 5. The smallest absolute Gasteiger partial charge is 0.234 e. The van der Waals surface area contributed by atoms with Crippen LogP contribution in [0.2, 0.25) is 0 Å². The first-order chi connectivity index (χ1) is 15.7. The van der Waals surface area contributed by atoms with E-state index in [2.05, 4.69) is 37.6 Å².